The Morgan fingerprint density at radius 2 is 1.42 bits per heavy atom. The molecule has 126 valence electrons. The molecule has 0 fully saturated rings. The predicted octanol–water partition coefficient (Wildman–Crippen LogP) is 6.27. The molecule has 2 heteroatoms. The highest BCUT2D eigenvalue weighted by Crippen LogP contribution is 2.43. The third-order valence-corrected chi connectivity index (χ3v) is 5.33. The minimum absolute atomic E-state index is 0.293. The number of benzene rings is 5. The van der Waals surface area contributed by atoms with Crippen molar-refractivity contribution in [3.63, 3.8) is 0 Å². The second-order valence-corrected chi connectivity index (χ2v) is 6.81. The van der Waals surface area contributed by atoms with Crippen molar-refractivity contribution in [2.45, 2.75) is 6.92 Å². The maximum atomic E-state index is 9.78. The molecule has 0 atom stereocenters. The van der Waals surface area contributed by atoms with Crippen molar-refractivity contribution < 1.29 is 9.84 Å². The Balaban J connectivity index is 2.00. The first-order chi connectivity index (χ1) is 12.7. The molecular formula is C24H18O2. The Hall–Kier alpha value is -3.26. The van der Waals surface area contributed by atoms with E-state index in [9.17, 15) is 5.11 Å². The Labute approximate surface area is 151 Å². The number of ether oxygens (including phenoxy) is 1. The molecule has 26 heavy (non-hydrogen) atoms. The van der Waals surface area contributed by atoms with Crippen molar-refractivity contribution in [2.75, 3.05) is 7.11 Å². The SMILES string of the molecule is COc1cc2c(-c3ccc(O)cc3C)ccc3ccc4cccc1c4c32. The summed E-state index contributed by atoms with van der Waals surface area (Å²) in [5, 5.41) is 17.1. The van der Waals surface area contributed by atoms with Gasteiger partial charge in [-0.1, -0.05) is 48.5 Å². The van der Waals surface area contributed by atoms with Gasteiger partial charge in [0.25, 0.3) is 0 Å². The lowest BCUT2D eigenvalue weighted by Gasteiger charge is -2.17. The maximum absolute atomic E-state index is 9.78. The first-order valence-corrected chi connectivity index (χ1v) is 8.72. The summed E-state index contributed by atoms with van der Waals surface area (Å²) >= 11 is 0. The molecule has 5 aromatic carbocycles. The lowest BCUT2D eigenvalue weighted by molar-refractivity contribution is 0.420. The molecule has 0 saturated heterocycles. The molecule has 0 aliphatic heterocycles. The monoisotopic (exact) mass is 338 g/mol. The van der Waals surface area contributed by atoms with E-state index in [0.717, 1.165) is 27.8 Å². The molecule has 0 amide bonds. The summed E-state index contributed by atoms with van der Waals surface area (Å²) in [6, 6.07) is 22.8. The standard InChI is InChI=1S/C24H18O2/c1-14-12-17(25)9-11-18(14)19-10-8-16-7-6-15-4-3-5-20-22(26-2)13-21(19)24(16)23(15)20/h3-13,25H,1-2H3. The van der Waals surface area contributed by atoms with Gasteiger partial charge in [0.1, 0.15) is 11.5 Å². The van der Waals surface area contributed by atoms with E-state index in [4.69, 9.17) is 4.74 Å². The molecule has 0 aliphatic rings. The minimum atomic E-state index is 0.293. The van der Waals surface area contributed by atoms with Crippen LogP contribution in [0.5, 0.6) is 11.5 Å². The van der Waals surface area contributed by atoms with Gasteiger partial charge in [-0.2, -0.15) is 0 Å². The molecule has 2 nitrogen and oxygen atoms in total. The number of methoxy groups -OCH3 is 1. The van der Waals surface area contributed by atoms with E-state index in [1.807, 2.05) is 19.1 Å². The highest BCUT2D eigenvalue weighted by atomic mass is 16.5. The molecule has 0 spiro atoms. The molecule has 0 aliphatic carbocycles. The molecule has 0 bridgehead atoms. The number of phenols is 1. The van der Waals surface area contributed by atoms with E-state index < -0.39 is 0 Å². The fraction of sp³-hybridized carbons (Fsp3) is 0.0833. The average Bonchev–Trinajstić information content (AvgIpc) is 2.66. The lowest BCUT2D eigenvalue weighted by Crippen LogP contribution is -1.92. The van der Waals surface area contributed by atoms with E-state index in [1.165, 1.54) is 26.9 Å². The number of hydrogen-bond acceptors (Lipinski definition) is 2. The third-order valence-electron chi connectivity index (χ3n) is 5.33. The van der Waals surface area contributed by atoms with E-state index in [2.05, 4.69) is 48.5 Å². The summed E-state index contributed by atoms with van der Waals surface area (Å²) in [4.78, 5) is 0. The molecule has 1 N–H and O–H groups in total. The molecule has 0 aromatic heterocycles. The second kappa shape index (κ2) is 5.37. The summed E-state index contributed by atoms with van der Waals surface area (Å²) in [6.45, 7) is 2.03. The number of phenolic OH excluding ortho intramolecular Hbond substituents is 1. The highest BCUT2D eigenvalue weighted by molar-refractivity contribution is 6.27. The fourth-order valence-electron chi connectivity index (χ4n) is 4.14. The third kappa shape index (κ3) is 1.99. The van der Waals surface area contributed by atoms with Gasteiger partial charge in [-0.3, -0.25) is 0 Å². The summed E-state index contributed by atoms with van der Waals surface area (Å²) < 4.78 is 5.73. The van der Waals surface area contributed by atoms with Gasteiger partial charge in [-0.25, -0.2) is 0 Å². The zero-order chi connectivity index (χ0) is 17.8. The molecule has 0 heterocycles. The van der Waals surface area contributed by atoms with Crippen molar-refractivity contribution in [3.8, 4) is 22.6 Å². The largest absolute Gasteiger partial charge is 0.508 e. The van der Waals surface area contributed by atoms with E-state index >= 15 is 0 Å². The van der Waals surface area contributed by atoms with Gasteiger partial charge in [0, 0.05) is 10.8 Å². The summed E-state index contributed by atoms with van der Waals surface area (Å²) in [5.74, 6) is 1.18. The normalized spacial score (nSPS) is 11.6. The summed E-state index contributed by atoms with van der Waals surface area (Å²) in [7, 11) is 1.73. The number of aryl methyl sites for hydroxylation is 1. The van der Waals surface area contributed by atoms with Gasteiger partial charge in [0.05, 0.1) is 7.11 Å². The van der Waals surface area contributed by atoms with Crippen LogP contribution in [-0.2, 0) is 0 Å². The molecule has 0 saturated carbocycles. The van der Waals surface area contributed by atoms with Crippen LogP contribution >= 0.6 is 0 Å². The number of hydrogen-bond donors (Lipinski definition) is 1. The smallest absolute Gasteiger partial charge is 0.127 e. The first kappa shape index (κ1) is 15.0. The van der Waals surface area contributed by atoms with Gasteiger partial charge >= 0.3 is 0 Å². The molecule has 5 aromatic rings. The average molecular weight is 338 g/mol. The first-order valence-electron chi connectivity index (χ1n) is 8.72. The van der Waals surface area contributed by atoms with Crippen LogP contribution in [0.25, 0.3) is 43.4 Å². The van der Waals surface area contributed by atoms with Crippen molar-refractivity contribution in [1.82, 2.24) is 0 Å². The van der Waals surface area contributed by atoms with Crippen LogP contribution in [0.2, 0.25) is 0 Å². The molecular weight excluding hydrogens is 320 g/mol. The topological polar surface area (TPSA) is 29.5 Å². The van der Waals surface area contributed by atoms with Crippen LogP contribution in [0.4, 0.5) is 0 Å². The predicted molar refractivity (Wildman–Crippen MR) is 109 cm³/mol. The van der Waals surface area contributed by atoms with Gasteiger partial charge in [-0.15, -0.1) is 0 Å². The fourth-order valence-corrected chi connectivity index (χ4v) is 4.14. The number of rotatable bonds is 2. The van der Waals surface area contributed by atoms with Gasteiger partial charge < -0.3 is 9.84 Å². The maximum Gasteiger partial charge on any atom is 0.127 e. The van der Waals surface area contributed by atoms with Crippen LogP contribution in [-0.4, -0.2) is 12.2 Å². The lowest BCUT2D eigenvalue weighted by atomic mass is 9.88. The van der Waals surface area contributed by atoms with Crippen molar-refractivity contribution in [2.24, 2.45) is 0 Å². The quantitative estimate of drug-likeness (QED) is 0.384. The Morgan fingerprint density at radius 1 is 0.731 bits per heavy atom. The van der Waals surface area contributed by atoms with Crippen LogP contribution < -0.4 is 4.74 Å². The zero-order valence-corrected chi connectivity index (χ0v) is 14.7. The van der Waals surface area contributed by atoms with Crippen LogP contribution in [0, 0.1) is 6.92 Å². The Kier molecular flexibility index (Phi) is 3.10. The van der Waals surface area contributed by atoms with Crippen molar-refractivity contribution >= 4 is 32.3 Å². The van der Waals surface area contributed by atoms with E-state index in [-0.39, 0.29) is 0 Å². The second-order valence-electron chi connectivity index (χ2n) is 6.81. The van der Waals surface area contributed by atoms with E-state index in [0.29, 0.717) is 5.75 Å². The van der Waals surface area contributed by atoms with Gasteiger partial charge in [0.15, 0.2) is 0 Å². The minimum Gasteiger partial charge on any atom is -0.508 e. The molecule has 0 radical (unpaired) electrons. The zero-order valence-electron chi connectivity index (χ0n) is 14.7. The Morgan fingerprint density at radius 3 is 2.19 bits per heavy atom. The molecule has 5 rings (SSSR count). The Bertz CT molecular complexity index is 1280. The number of aromatic hydroxyl groups is 1. The summed E-state index contributed by atoms with van der Waals surface area (Å²) in [6.07, 6.45) is 0. The van der Waals surface area contributed by atoms with Crippen molar-refractivity contribution in [1.29, 1.82) is 0 Å². The van der Waals surface area contributed by atoms with Crippen LogP contribution in [0.15, 0.2) is 66.7 Å². The van der Waals surface area contributed by atoms with Crippen LogP contribution in [0.3, 0.4) is 0 Å². The van der Waals surface area contributed by atoms with Crippen LogP contribution in [0.1, 0.15) is 5.56 Å². The molecule has 0 unspecified atom stereocenters. The summed E-state index contributed by atoms with van der Waals surface area (Å²) in [5.41, 5.74) is 3.34. The van der Waals surface area contributed by atoms with E-state index in [1.54, 1.807) is 13.2 Å². The van der Waals surface area contributed by atoms with Gasteiger partial charge in [0.2, 0.25) is 0 Å². The van der Waals surface area contributed by atoms with Gasteiger partial charge in [-0.05, 0) is 63.4 Å². The van der Waals surface area contributed by atoms with Crippen molar-refractivity contribution in [3.05, 3.63) is 72.3 Å². The highest BCUT2D eigenvalue weighted by Gasteiger charge is 2.16.